The van der Waals surface area contributed by atoms with Crippen LogP contribution in [0.2, 0.25) is 0 Å². The molecule has 18 heavy (non-hydrogen) atoms. The Morgan fingerprint density at radius 1 is 1.39 bits per heavy atom. The van der Waals surface area contributed by atoms with Gasteiger partial charge >= 0.3 is 0 Å². The minimum atomic E-state index is 0.0748. The number of anilines is 1. The third kappa shape index (κ3) is 2.46. The Morgan fingerprint density at radius 3 is 2.78 bits per heavy atom. The molecule has 0 unspecified atom stereocenters. The highest BCUT2D eigenvalue weighted by atomic mass is 15.4. The molecule has 0 aliphatic heterocycles. The molecule has 0 saturated carbocycles. The summed E-state index contributed by atoms with van der Waals surface area (Å²) in [6.45, 7) is 7.93. The van der Waals surface area contributed by atoms with Crippen LogP contribution >= 0.6 is 0 Å². The van der Waals surface area contributed by atoms with E-state index in [1.54, 1.807) is 6.33 Å². The van der Waals surface area contributed by atoms with Crippen LogP contribution in [0.5, 0.6) is 0 Å². The van der Waals surface area contributed by atoms with Crippen LogP contribution in [0.1, 0.15) is 19.4 Å². The van der Waals surface area contributed by atoms with Crippen molar-refractivity contribution in [2.75, 3.05) is 25.0 Å². The highest BCUT2D eigenvalue weighted by Crippen LogP contribution is 2.21. The van der Waals surface area contributed by atoms with Crippen molar-refractivity contribution in [3.05, 3.63) is 24.0 Å². The fourth-order valence-electron chi connectivity index (χ4n) is 2.09. The third-order valence-corrected chi connectivity index (χ3v) is 3.11. The number of hydrogen-bond acceptors (Lipinski definition) is 4. The summed E-state index contributed by atoms with van der Waals surface area (Å²) in [5, 5.41) is 4.27. The molecule has 5 nitrogen and oxygen atoms in total. The van der Waals surface area contributed by atoms with Crippen molar-refractivity contribution in [2.45, 2.75) is 20.8 Å². The van der Waals surface area contributed by atoms with Gasteiger partial charge in [0.1, 0.15) is 12.1 Å². The Kier molecular flexibility index (Phi) is 3.26. The first-order valence-corrected chi connectivity index (χ1v) is 6.14. The molecule has 0 aliphatic rings. The van der Waals surface area contributed by atoms with Gasteiger partial charge in [-0.3, -0.25) is 0 Å². The summed E-state index contributed by atoms with van der Waals surface area (Å²) in [4.78, 5) is 6.42. The van der Waals surface area contributed by atoms with Crippen molar-refractivity contribution in [1.29, 1.82) is 0 Å². The topological polar surface area (TPSA) is 59.5 Å². The zero-order chi connectivity index (χ0) is 13.3. The predicted molar refractivity (Wildman–Crippen MR) is 73.8 cm³/mol. The second-order valence-electron chi connectivity index (χ2n) is 5.65. The number of rotatable bonds is 4. The van der Waals surface area contributed by atoms with Crippen molar-refractivity contribution >= 4 is 11.5 Å². The summed E-state index contributed by atoms with van der Waals surface area (Å²) in [6, 6.07) is 4.15. The van der Waals surface area contributed by atoms with Crippen LogP contribution in [0.25, 0.3) is 5.65 Å². The molecule has 2 N–H and O–H groups in total. The normalized spacial score (nSPS) is 12.1. The largest absolute Gasteiger partial charge is 0.359 e. The zero-order valence-corrected chi connectivity index (χ0v) is 11.5. The maximum Gasteiger partial charge on any atom is 0.157 e. The minimum absolute atomic E-state index is 0.0748. The van der Waals surface area contributed by atoms with E-state index in [0.29, 0.717) is 6.54 Å². The Balaban J connectivity index is 2.38. The van der Waals surface area contributed by atoms with E-state index in [2.05, 4.69) is 48.9 Å². The number of nitrogens with zero attached hydrogens (tertiary/aromatic N) is 4. The summed E-state index contributed by atoms with van der Waals surface area (Å²) in [5.74, 6) is 1.05. The van der Waals surface area contributed by atoms with E-state index in [0.717, 1.165) is 18.0 Å². The number of fused-ring (bicyclic) bond motifs is 1. The van der Waals surface area contributed by atoms with Gasteiger partial charge in [0.15, 0.2) is 5.65 Å². The molecule has 0 saturated heterocycles. The van der Waals surface area contributed by atoms with Gasteiger partial charge in [0.2, 0.25) is 0 Å². The first kappa shape index (κ1) is 12.8. The molecule has 2 aromatic heterocycles. The van der Waals surface area contributed by atoms with Crippen molar-refractivity contribution in [2.24, 2.45) is 11.1 Å². The van der Waals surface area contributed by atoms with Crippen molar-refractivity contribution in [3.8, 4) is 0 Å². The van der Waals surface area contributed by atoms with E-state index >= 15 is 0 Å². The SMILES string of the molecule is Cc1cc(N(C)CC(C)(C)CN)n2ncnc2c1. The minimum Gasteiger partial charge on any atom is -0.359 e. The lowest BCUT2D eigenvalue weighted by molar-refractivity contribution is 0.383. The average Bonchev–Trinajstić information content (AvgIpc) is 2.75. The van der Waals surface area contributed by atoms with Gasteiger partial charge in [-0.1, -0.05) is 13.8 Å². The molecule has 0 fully saturated rings. The highest BCUT2D eigenvalue weighted by molar-refractivity contribution is 5.52. The van der Waals surface area contributed by atoms with Crippen LogP contribution in [0.3, 0.4) is 0 Å². The summed E-state index contributed by atoms with van der Waals surface area (Å²) >= 11 is 0. The van der Waals surface area contributed by atoms with Gasteiger partial charge in [-0.25, -0.2) is 4.98 Å². The standard InChI is InChI=1S/C13H21N5/c1-10-5-11-15-9-16-18(11)12(6-10)17(4)8-13(2,3)7-14/h5-6,9H,7-8,14H2,1-4H3. The number of nitrogens with two attached hydrogens (primary N) is 1. The van der Waals surface area contributed by atoms with Gasteiger partial charge in [0, 0.05) is 13.6 Å². The quantitative estimate of drug-likeness (QED) is 0.888. The summed E-state index contributed by atoms with van der Waals surface area (Å²) in [6.07, 6.45) is 1.58. The molecule has 2 aromatic rings. The third-order valence-electron chi connectivity index (χ3n) is 3.11. The lowest BCUT2D eigenvalue weighted by Gasteiger charge is -2.30. The van der Waals surface area contributed by atoms with Gasteiger partial charge in [-0.2, -0.15) is 9.61 Å². The van der Waals surface area contributed by atoms with Crippen molar-refractivity contribution in [1.82, 2.24) is 14.6 Å². The Bertz CT molecular complexity index is 543. The second kappa shape index (κ2) is 4.57. The molecule has 0 aromatic carbocycles. The van der Waals surface area contributed by atoms with Gasteiger partial charge in [-0.05, 0) is 36.6 Å². The number of aromatic nitrogens is 3. The zero-order valence-electron chi connectivity index (χ0n) is 11.5. The molecule has 98 valence electrons. The maximum absolute atomic E-state index is 5.79. The van der Waals surface area contributed by atoms with Gasteiger partial charge in [0.05, 0.1) is 0 Å². The maximum atomic E-state index is 5.79. The molecule has 0 aliphatic carbocycles. The summed E-state index contributed by atoms with van der Waals surface area (Å²) in [7, 11) is 2.06. The summed E-state index contributed by atoms with van der Waals surface area (Å²) in [5.41, 5.74) is 7.93. The van der Waals surface area contributed by atoms with Crippen LogP contribution in [0.4, 0.5) is 5.82 Å². The Labute approximate surface area is 108 Å². The van der Waals surface area contributed by atoms with Crippen LogP contribution in [0.15, 0.2) is 18.5 Å². The molecule has 2 heterocycles. The van der Waals surface area contributed by atoms with Crippen LogP contribution < -0.4 is 10.6 Å². The number of hydrogen-bond donors (Lipinski definition) is 1. The highest BCUT2D eigenvalue weighted by Gasteiger charge is 2.20. The summed E-state index contributed by atoms with van der Waals surface area (Å²) < 4.78 is 1.86. The molecule has 0 spiro atoms. The predicted octanol–water partition coefficient (Wildman–Crippen LogP) is 1.46. The Hall–Kier alpha value is -1.62. The van der Waals surface area contributed by atoms with Crippen molar-refractivity contribution in [3.63, 3.8) is 0 Å². The van der Waals surface area contributed by atoms with Gasteiger partial charge < -0.3 is 10.6 Å². The van der Waals surface area contributed by atoms with E-state index < -0.39 is 0 Å². The number of pyridine rings is 1. The van der Waals surface area contributed by atoms with Crippen LogP contribution in [-0.2, 0) is 0 Å². The van der Waals surface area contributed by atoms with Crippen LogP contribution in [-0.4, -0.2) is 34.7 Å². The van der Waals surface area contributed by atoms with Gasteiger partial charge in [-0.15, -0.1) is 0 Å². The molecular weight excluding hydrogens is 226 g/mol. The smallest absolute Gasteiger partial charge is 0.157 e. The van der Waals surface area contributed by atoms with E-state index in [9.17, 15) is 0 Å². The Morgan fingerprint density at radius 2 is 2.11 bits per heavy atom. The molecule has 2 rings (SSSR count). The lowest BCUT2D eigenvalue weighted by atomic mass is 9.93. The lowest BCUT2D eigenvalue weighted by Crippen LogP contribution is -2.37. The molecule has 0 radical (unpaired) electrons. The van der Waals surface area contributed by atoms with E-state index in [4.69, 9.17) is 5.73 Å². The van der Waals surface area contributed by atoms with Crippen LogP contribution in [0, 0.1) is 12.3 Å². The monoisotopic (exact) mass is 247 g/mol. The molecular formula is C13H21N5. The molecule has 5 heteroatoms. The average molecular weight is 247 g/mol. The number of aryl methyl sites for hydroxylation is 1. The first-order valence-electron chi connectivity index (χ1n) is 6.14. The van der Waals surface area contributed by atoms with E-state index in [-0.39, 0.29) is 5.41 Å². The van der Waals surface area contributed by atoms with E-state index in [1.165, 1.54) is 5.56 Å². The van der Waals surface area contributed by atoms with Gasteiger partial charge in [0.25, 0.3) is 0 Å². The first-order chi connectivity index (χ1) is 8.43. The second-order valence-corrected chi connectivity index (χ2v) is 5.65. The molecule has 0 amide bonds. The van der Waals surface area contributed by atoms with E-state index in [1.807, 2.05) is 10.6 Å². The molecule has 0 bridgehead atoms. The fourth-order valence-corrected chi connectivity index (χ4v) is 2.09. The fraction of sp³-hybridized carbons (Fsp3) is 0.538. The van der Waals surface area contributed by atoms with Crippen molar-refractivity contribution < 1.29 is 0 Å². The molecule has 0 atom stereocenters.